The van der Waals surface area contributed by atoms with E-state index in [1.165, 1.54) is 5.69 Å². The Morgan fingerprint density at radius 1 is 1.30 bits per heavy atom. The van der Waals surface area contributed by atoms with Crippen LogP contribution in [0, 0.1) is 6.92 Å². The Hall–Kier alpha value is -0.870. The highest BCUT2D eigenvalue weighted by Crippen LogP contribution is 2.27. The fourth-order valence-corrected chi connectivity index (χ4v) is 3.09. The summed E-state index contributed by atoms with van der Waals surface area (Å²) in [5.41, 5.74) is 2.25. The molecule has 0 aromatic carbocycles. The Kier molecular flexibility index (Phi) is 6.69. The Bertz CT molecular complexity index is 396. The molecule has 116 valence electrons. The molecular weight excluding hydrogens is 250 g/mol. The summed E-state index contributed by atoms with van der Waals surface area (Å²) in [6.07, 6.45) is 2.99. The molecule has 0 amide bonds. The molecule has 1 N–H and O–H groups in total. The number of likely N-dealkylation sites (N-methyl/N-ethyl adjacent to an activating group) is 1. The average Bonchev–Trinajstić information content (AvgIpc) is 2.74. The molecule has 0 saturated carbocycles. The van der Waals surface area contributed by atoms with E-state index in [1.54, 1.807) is 0 Å². The molecule has 0 aliphatic carbocycles. The zero-order valence-electron chi connectivity index (χ0n) is 14.0. The molecule has 0 aliphatic rings. The molecule has 0 radical (unpaired) electrons. The minimum absolute atomic E-state index is 0.0943. The highest BCUT2D eigenvalue weighted by molar-refractivity contribution is 5.12. The number of hydrogen-bond acceptors (Lipinski definition) is 3. The van der Waals surface area contributed by atoms with Gasteiger partial charge in [-0.2, -0.15) is 5.10 Å². The number of aromatic nitrogens is 2. The summed E-state index contributed by atoms with van der Waals surface area (Å²) in [6.45, 7) is 12.4. The highest BCUT2D eigenvalue weighted by atomic mass is 16.5. The molecule has 0 aliphatic heterocycles. The van der Waals surface area contributed by atoms with Crippen molar-refractivity contribution in [3.63, 3.8) is 0 Å². The fraction of sp³-hybridized carbons (Fsp3) is 0.812. The topological polar surface area (TPSA) is 39.1 Å². The summed E-state index contributed by atoms with van der Waals surface area (Å²) in [6, 6.07) is 2.49. The van der Waals surface area contributed by atoms with E-state index in [-0.39, 0.29) is 5.60 Å². The van der Waals surface area contributed by atoms with E-state index in [2.05, 4.69) is 44.2 Å². The first-order valence-electron chi connectivity index (χ1n) is 7.89. The molecule has 20 heavy (non-hydrogen) atoms. The first-order chi connectivity index (χ1) is 9.52. The van der Waals surface area contributed by atoms with E-state index < -0.39 is 0 Å². The Morgan fingerprint density at radius 3 is 2.35 bits per heavy atom. The zero-order chi connectivity index (χ0) is 15.2. The first kappa shape index (κ1) is 17.2. The van der Waals surface area contributed by atoms with Crippen LogP contribution >= 0.6 is 0 Å². The summed E-state index contributed by atoms with van der Waals surface area (Å²) in [7, 11) is 2.02. The van der Waals surface area contributed by atoms with Crippen molar-refractivity contribution in [2.75, 3.05) is 13.2 Å². The quantitative estimate of drug-likeness (QED) is 0.756. The van der Waals surface area contributed by atoms with Gasteiger partial charge in [0.05, 0.1) is 11.3 Å². The molecule has 1 atom stereocenters. The van der Waals surface area contributed by atoms with Gasteiger partial charge < -0.3 is 10.1 Å². The minimum Gasteiger partial charge on any atom is -0.374 e. The summed E-state index contributed by atoms with van der Waals surface area (Å²) in [5.74, 6) is 0. The molecule has 1 aromatic rings. The van der Waals surface area contributed by atoms with Gasteiger partial charge in [0.1, 0.15) is 0 Å². The second kappa shape index (κ2) is 7.79. The normalized spacial score (nSPS) is 13.7. The predicted octanol–water partition coefficient (Wildman–Crippen LogP) is 2.84. The zero-order valence-corrected chi connectivity index (χ0v) is 14.0. The van der Waals surface area contributed by atoms with Crippen molar-refractivity contribution in [1.29, 1.82) is 0 Å². The molecule has 4 heteroatoms. The summed E-state index contributed by atoms with van der Waals surface area (Å²) in [4.78, 5) is 0. The van der Waals surface area contributed by atoms with Gasteiger partial charge in [-0.25, -0.2) is 0 Å². The SMILES string of the molecule is CCNC(Cc1cc(C)nn1C)C(CC)(CC)OCC. The minimum atomic E-state index is -0.0943. The van der Waals surface area contributed by atoms with Crippen molar-refractivity contribution in [1.82, 2.24) is 15.1 Å². The Labute approximate surface area is 123 Å². The van der Waals surface area contributed by atoms with Crippen molar-refractivity contribution in [2.24, 2.45) is 7.05 Å². The third-order valence-electron chi connectivity index (χ3n) is 4.23. The number of hydrogen-bond donors (Lipinski definition) is 1. The van der Waals surface area contributed by atoms with Crippen molar-refractivity contribution in [3.05, 3.63) is 17.5 Å². The maximum atomic E-state index is 6.17. The molecule has 0 bridgehead atoms. The second-order valence-electron chi connectivity index (χ2n) is 5.42. The molecule has 1 unspecified atom stereocenters. The number of ether oxygens (including phenoxy) is 1. The number of aryl methyl sites for hydroxylation is 2. The standard InChI is InChI=1S/C16H31N3O/c1-7-16(8-2,20-10-4)15(17-9-3)12-14-11-13(5)18-19(14)6/h11,15,17H,7-10,12H2,1-6H3. The van der Waals surface area contributed by atoms with E-state index in [1.807, 2.05) is 18.7 Å². The first-order valence-corrected chi connectivity index (χ1v) is 7.89. The van der Waals surface area contributed by atoms with E-state index in [9.17, 15) is 0 Å². The monoisotopic (exact) mass is 281 g/mol. The second-order valence-corrected chi connectivity index (χ2v) is 5.42. The van der Waals surface area contributed by atoms with Gasteiger partial charge in [0.2, 0.25) is 0 Å². The Morgan fingerprint density at radius 2 is 1.95 bits per heavy atom. The smallest absolute Gasteiger partial charge is 0.0833 e. The summed E-state index contributed by atoms with van der Waals surface area (Å²) < 4.78 is 8.16. The molecule has 0 spiro atoms. The lowest BCUT2D eigenvalue weighted by atomic mass is 9.85. The molecule has 4 nitrogen and oxygen atoms in total. The summed E-state index contributed by atoms with van der Waals surface area (Å²) >= 11 is 0. The lowest BCUT2D eigenvalue weighted by molar-refractivity contribution is -0.0719. The van der Waals surface area contributed by atoms with E-state index in [0.29, 0.717) is 6.04 Å². The van der Waals surface area contributed by atoms with Crippen molar-refractivity contribution in [2.45, 2.75) is 65.5 Å². The molecule has 1 aromatic heterocycles. The van der Waals surface area contributed by atoms with Crippen LogP contribution in [0.5, 0.6) is 0 Å². The van der Waals surface area contributed by atoms with Crippen LogP contribution in [0.4, 0.5) is 0 Å². The van der Waals surface area contributed by atoms with Crippen molar-refractivity contribution < 1.29 is 4.74 Å². The van der Waals surface area contributed by atoms with E-state index in [4.69, 9.17) is 4.74 Å². The lowest BCUT2D eigenvalue weighted by Gasteiger charge is -2.40. The molecule has 0 saturated heterocycles. The van der Waals surface area contributed by atoms with E-state index in [0.717, 1.165) is 38.1 Å². The van der Waals surface area contributed by atoms with Crippen LogP contribution in [-0.4, -0.2) is 34.6 Å². The number of nitrogens with zero attached hydrogens (tertiary/aromatic N) is 2. The predicted molar refractivity (Wildman–Crippen MR) is 84.1 cm³/mol. The van der Waals surface area contributed by atoms with Gasteiger partial charge in [-0.1, -0.05) is 20.8 Å². The Balaban J connectivity index is 2.99. The van der Waals surface area contributed by atoms with Gasteiger partial charge in [-0.05, 0) is 39.3 Å². The maximum absolute atomic E-state index is 6.17. The van der Waals surface area contributed by atoms with Crippen LogP contribution in [0.2, 0.25) is 0 Å². The lowest BCUT2D eigenvalue weighted by Crippen LogP contribution is -2.53. The number of nitrogens with one attached hydrogen (secondary N) is 1. The number of rotatable bonds is 9. The van der Waals surface area contributed by atoms with E-state index >= 15 is 0 Å². The van der Waals surface area contributed by atoms with Gasteiger partial charge in [-0.3, -0.25) is 4.68 Å². The molecule has 1 rings (SSSR count). The van der Waals surface area contributed by atoms with Gasteiger partial charge in [-0.15, -0.1) is 0 Å². The molecular formula is C16H31N3O. The van der Waals surface area contributed by atoms with Crippen LogP contribution in [0.25, 0.3) is 0 Å². The summed E-state index contributed by atoms with van der Waals surface area (Å²) in [5, 5.41) is 8.08. The highest BCUT2D eigenvalue weighted by Gasteiger charge is 2.36. The van der Waals surface area contributed by atoms with Gasteiger partial charge in [0, 0.05) is 31.8 Å². The molecule has 1 heterocycles. The van der Waals surface area contributed by atoms with Crippen LogP contribution in [0.3, 0.4) is 0 Å². The van der Waals surface area contributed by atoms with Crippen LogP contribution in [0.1, 0.15) is 51.9 Å². The van der Waals surface area contributed by atoms with Gasteiger partial charge >= 0.3 is 0 Å². The van der Waals surface area contributed by atoms with Crippen LogP contribution < -0.4 is 5.32 Å². The molecule has 0 fully saturated rings. The van der Waals surface area contributed by atoms with Crippen LogP contribution in [-0.2, 0) is 18.2 Å². The third kappa shape index (κ3) is 3.83. The average molecular weight is 281 g/mol. The van der Waals surface area contributed by atoms with Crippen molar-refractivity contribution in [3.8, 4) is 0 Å². The van der Waals surface area contributed by atoms with Gasteiger partial charge in [0.25, 0.3) is 0 Å². The van der Waals surface area contributed by atoms with Crippen LogP contribution in [0.15, 0.2) is 6.07 Å². The van der Waals surface area contributed by atoms with Crippen molar-refractivity contribution >= 4 is 0 Å². The van der Waals surface area contributed by atoms with Gasteiger partial charge in [0.15, 0.2) is 0 Å². The fourth-order valence-electron chi connectivity index (χ4n) is 3.09. The largest absolute Gasteiger partial charge is 0.374 e. The maximum Gasteiger partial charge on any atom is 0.0833 e. The third-order valence-corrected chi connectivity index (χ3v) is 4.23.